The first-order valence-corrected chi connectivity index (χ1v) is 22.0. The fraction of sp³-hybridized carbons (Fsp3) is 0.225. The SMILES string of the molecule is CC(O)N(c1nc(Nc2ccccc2)nc(-c2ccc(C(=N)C(N)c3ccc(-c4nc(Nc5ccccc5)nc(N(C(C)O)C(C)O)n4)cc3S(=O)(=O)O)c(S(=O)(=O)O)c2)n1)C(C)O. The lowest BCUT2D eigenvalue weighted by Crippen LogP contribution is -2.41. The number of aromatic nitrogens is 6. The molecular weight excluding hydrogens is 873 g/mol. The van der Waals surface area contributed by atoms with Crippen LogP contribution in [0.1, 0.15) is 44.9 Å². The van der Waals surface area contributed by atoms with Gasteiger partial charge < -0.3 is 42.2 Å². The van der Waals surface area contributed by atoms with Gasteiger partial charge in [0.2, 0.25) is 23.8 Å². The van der Waals surface area contributed by atoms with Gasteiger partial charge >= 0.3 is 0 Å². The maximum absolute atomic E-state index is 13.0. The third-order valence-electron chi connectivity index (χ3n) is 9.38. The van der Waals surface area contributed by atoms with Crippen molar-refractivity contribution in [3.05, 3.63) is 108 Å². The van der Waals surface area contributed by atoms with Gasteiger partial charge in [0.1, 0.15) is 29.8 Å². The Labute approximate surface area is 367 Å². The molecule has 11 N–H and O–H groups in total. The zero-order valence-electron chi connectivity index (χ0n) is 34.4. The van der Waals surface area contributed by atoms with E-state index in [9.17, 15) is 46.4 Å². The summed E-state index contributed by atoms with van der Waals surface area (Å²) in [5, 5.41) is 56.8. The molecule has 6 aromatic rings. The minimum atomic E-state index is -5.18. The minimum Gasteiger partial charge on any atom is -0.374 e. The van der Waals surface area contributed by atoms with Gasteiger partial charge in [-0.3, -0.25) is 18.9 Å². The summed E-state index contributed by atoms with van der Waals surface area (Å²) in [6, 6.07) is 22.4. The summed E-state index contributed by atoms with van der Waals surface area (Å²) in [6.45, 7) is 5.43. The molecule has 2 heterocycles. The summed E-state index contributed by atoms with van der Waals surface area (Å²) in [5.41, 5.74) is 5.94. The molecule has 0 bridgehead atoms. The zero-order valence-corrected chi connectivity index (χ0v) is 36.0. The normalized spacial score (nSPS) is 14.2. The number of benzene rings is 4. The number of rotatable bonds is 17. The van der Waals surface area contributed by atoms with Crippen LogP contribution in [0, 0.1) is 5.41 Å². The predicted molar refractivity (Wildman–Crippen MR) is 235 cm³/mol. The summed E-state index contributed by atoms with van der Waals surface area (Å²) in [7, 11) is -10.3. The van der Waals surface area contributed by atoms with E-state index in [0.717, 1.165) is 34.1 Å². The van der Waals surface area contributed by atoms with Crippen molar-refractivity contribution in [3.8, 4) is 22.8 Å². The van der Waals surface area contributed by atoms with Crippen LogP contribution in [-0.2, 0) is 20.2 Å². The third kappa shape index (κ3) is 10.8. The molecule has 0 aliphatic carbocycles. The Morgan fingerprint density at radius 2 is 0.969 bits per heavy atom. The van der Waals surface area contributed by atoms with Crippen molar-refractivity contribution >= 4 is 61.1 Å². The molecule has 0 fully saturated rings. The number of aliphatic hydroxyl groups is 4. The Bertz CT molecular complexity index is 2860. The Morgan fingerprint density at radius 1 is 0.578 bits per heavy atom. The number of para-hydroxylation sites is 2. The van der Waals surface area contributed by atoms with E-state index in [1.807, 2.05) is 0 Å². The molecule has 0 aliphatic heterocycles. The summed E-state index contributed by atoms with van der Waals surface area (Å²) < 4.78 is 72.9. The highest BCUT2D eigenvalue weighted by atomic mass is 32.2. The second-order valence-electron chi connectivity index (χ2n) is 14.2. The van der Waals surface area contributed by atoms with Crippen molar-refractivity contribution in [1.29, 1.82) is 5.41 Å². The number of hydrogen-bond acceptors (Lipinski definition) is 20. The average molecular weight is 917 g/mol. The molecule has 0 saturated heterocycles. The van der Waals surface area contributed by atoms with Gasteiger partial charge in [0.25, 0.3) is 20.2 Å². The summed E-state index contributed by atoms with van der Waals surface area (Å²) in [5.74, 6) is -0.971. The molecule has 336 valence electrons. The molecule has 0 amide bonds. The van der Waals surface area contributed by atoms with Crippen LogP contribution in [0.3, 0.4) is 0 Å². The molecule has 0 spiro atoms. The van der Waals surface area contributed by atoms with E-state index in [2.05, 4.69) is 40.5 Å². The van der Waals surface area contributed by atoms with Gasteiger partial charge in [-0.05, 0) is 69.7 Å². The van der Waals surface area contributed by atoms with Crippen LogP contribution < -0.4 is 26.2 Å². The van der Waals surface area contributed by atoms with Gasteiger partial charge in [-0.15, -0.1) is 0 Å². The smallest absolute Gasteiger partial charge is 0.295 e. The number of aliphatic hydroxyl groups excluding tert-OH is 4. The van der Waals surface area contributed by atoms with Crippen LogP contribution in [0.5, 0.6) is 0 Å². The van der Waals surface area contributed by atoms with Gasteiger partial charge in [-0.25, -0.2) is 0 Å². The molecule has 0 aliphatic rings. The molecule has 5 unspecified atom stereocenters. The molecule has 0 radical (unpaired) electrons. The minimum absolute atomic E-state index is 0.0310. The van der Waals surface area contributed by atoms with Gasteiger partial charge in [0.05, 0.1) is 16.6 Å². The van der Waals surface area contributed by atoms with Gasteiger partial charge in [0.15, 0.2) is 11.6 Å². The van der Waals surface area contributed by atoms with Crippen molar-refractivity contribution in [1.82, 2.24) is 29.9 Å². The maximum Gasteiger partial charge on any atom is 0.295 e. The number of nitrogens with two attached hydrogens (primary N) is 1. The van der Waals surface area contributed by atoms with Crippen LogP contribution in [-0.4, -0.2) is 107 Å². The molecule has 2 aromatic heterocycles. The predicted octanol–water partition coefficient (Wildman–Crippen LogP) is 3.41. The van der Waals surface area contributed by atoms with Gasteiger partial charge in [0, 0.05) is 28.1 Å². The van der Waals surface area contributed by atoms with Crippen LogP contribution in [0.2, 0.25) is 0 Å². The molecule has 4 aromatic carbocycles. The Kier molecular flexibility index (Phi) is 13.9. The number of nitrogens with one attached hydrogen (secondary N) is 3. The van der Waals surface area contributed by atoms with Crippen molar-refractivity contribution in [2.24, 2.45) is 5.73 Å². The van der Waals surface area contributed by atoms with Crippen molar-refractivity contribution in [3.63, 3.8) is 0 Å². The fourth-order valence-electron chi connectivity index (χ4n) is 6.50. The van der Waals surface area contributed by atoms with E-state index in [0.29, 0.717) is 11.4 Å². The summed E-state index contributed by atoms with van der Waals surface area (Å²) >= 11 is 0. The van der Waals surface area contributed by atoms with Crippen molar-refractivity contribution in [2.45, 2.75) is 68.4 Å². The first-order chi connectivity index (χ1) is 30.1. The molecule has 0 saturated carbocycles. The Balaban J connectivity index is 1.43. The van der Waals surface area contributed by atoms with E-state index >= 15 is 0 Å². The second kappa shape index (κ2) is 19.0. The highest BCUT2D eigenvalue weighted by Crippen LogP contribution is 2.33. The van der Waals surface area contributed by atoms with Crippen LogP contribution >= 0.6 is 0 Å². The van der Waals surface area contributed by atoms with Gasteiger partial charge in [-0.2, -0.15) is 46.7 Å². The second-order valence-corrected chi connectivity index (χ2v) is 17.0. The molecule has 24 heteroatoms. The first-order valence-electron chi connectivity index (χ1n) is 19.2. The molecule has 6 rings (SSSR count). The lowest BCUT2D eigenvalue weighted by Gasteiger charge is -2.28. The van der Waals surface area contributed by atoms with Crippen LogP contribution in [0.4, 0.5) is 35.2 Å². The quantitative estimate of drug-likeness (QED) is 0.0356. The number of anilines is 6. The molecule has 22 nitrogen and oxygen atoms in total. The topological polar surface area (TPSA) is 347 Å². The highest BCUT2D eigenvalue weighted by Gasteiger charge is 2.30. The Morgan fingerprint density at radius 3 is 1.36 bits per heavy atom. The van der Waals surface area contributed by atoms with E-state index in [1.165, 1.54) is 39.8 Å². The third-order valence-corrected chi connectivity index (χ3v) is 11.2. The van der Waals surface area contributed by atoms with E-state index < -0.39 is 72.3 Å². The van der Waals surface area contributed by atoms with E-state index in [-0.39, 0.29) is 52.1 Å². The molecule has 5 atom stereocenters. The summed E-state index contributed by atoms with van der Waals surface area (Å²) in [6.07, 6.45) is -5.22. The fourth-order valence-corrected chi connectivity index (χ4v) is 8.00. The Hall–Kier alpha value is -6.61. The van der Waals surface area contributed by atoms with E-state index in [4.69, 9.17) is 11.1 Å². The number of hydrogen-bond donors (Lipinski definition) is 10. The van der Waals surface area contributed by atoms with Crippen molar-refractivity contribution < 1.29 is 46.4 Å². The monoisotopic (exact) mass is 916 g/mol. The lowest BCUT2D eigenvalue weighted by molar-refractivity contribution is 0.102. The van der Waals surface area contributed by atoms with Crippen molar-refractivity contribution in [2.75, 3.05) is 20.4 Å². The van der Waals surface area contributed by atoms with E-state index in [1.54, 1.807) is 60.7 Å². The number of nitrogens with zero attached hydrogens (tertiary/aromatic N) is 8. The van der Waals surface area contributed by atoms with Gasteiger partial charge in [-0.1, -0.05) is 60.7 Å². The standard InChI is InChI=1S/C40H44N12O10S2/c1-21(53)51(22(2)54)39-47-35(45-37(49-39)43-27-11-7-5-8-12-27)25-15-17-29(31(19-25)63(57,58)59)33(41)34(42)30-18-16-26(20-32(30)64(60,61)62)36-46-38(44-28-13-9-6-10-14-28)50-40(48-36)52(23(3)55)24(4)56/h5-24,33,42,53-56H,41H2,1-4H3,(H,57,58,59)(H,60,61,62)(H,43,45,47,49)(H,44,46,48,50). The lowest BCUT2D eigenvalue weighted by atomic mass is 9.95. The maximum atomic E-state index is 13.0. The zero-order chi connectivity index (χ0) is 46.7. The molecular formula is C40H44N12O10S2. The highest BCUT2D eigenvalue weighted by molar-refractivity contribution is 7.86. The molecule has 64 heavy (non-hydrogen) atoms. The van der Waals surface area contributed by atoms with Crippen LogP contribution in [0.15, 0.2) is 107 Å². The summed E-state index contributed by atoms with van der Waals surface area (Å²) in [4.78, 5) is 26.6. The average Bonchev–Trinajstić information content (AvgIpc) is 3.22. The first kappa shape index (κ1) is 46.9. The van der Waals surface area contributed by atoms with Crippen LogP contribution in [0.25, 0.3) is 22.8 Å². The largest absolute Gasteiger partial charge is 0.374 e.